The van der Waals surface area contributed by atoms with Gasteiger partial charge in [0, 0.05) is 13.5 Å². The zero-order chi connectivity index (χ0) is 13.1. The van der Waals surface area contributed by atoms with E-state index >= 15 is 0 Å². The Morgan fingerprint density at radius 1 is 1.50 bits per heavy atom. The second-order valence-corrected chi connectivity index (χ2v) is 4.01. The summed E-state index contributed by atoms with van der Waals surface area (Å²) >= 11 is 0. The quantitative estimate of drug-likeness (QED) is 0.867. The molecule has 5 heteroatoms. The van der Waals surface area contributed by atoms with Crippen molar-refractivity contribution in [2.24, 2.45) is 12.8 Å². The van der Waals surface area contributed by atoms with Crippen molar-refractivity contribution in [3.63, 3.8) is 0 Å². The Morgan fingerprint density at radius 3 is 3.00 bits per heavy atom. The normalized spacial score (nSPS) is 11.2. The number of nitrogens with zero attached hydrogens (tertiary/aromatic N) is 2. The van der Waals surface area contributed by atoms with Crippen molar-refractivity contribution >= 4 is 22.9 Å². The Hall–Kier alpha value is -2.43. The van der Waals surface area contributed by atoms with E-state index in [0.717, 1.165) is 5.56 Å². The van der Waals surface area contributed by atoms with Crippen molar-refractivity contribution < 1.29 is 4.79 Å². The predicted molar refractivity (Wildman–Crippen MR) is 69.8 cm³/mol. The zero-order valence-corrected chi connectivity index (χ0v) is 9.96. The van der Waals surface area contributed by atoms with Gasteiger partial charge in [-0.1, -0.05) is 18.2 Å². The van der Waals surface area contributed by atoms with Crippen LogP contribution in [0, 0.1) is 0 Å². The van der Waals surface area contributed by atoms with E-state index in [2.05, 4.69) is 4.98 Å². The van der Waals surface area contributed by atoms with Crippen LogP contribution in [0.1, 0.15) is 12.0 Å². The van der Waals surface area contributed by atoms with Gasteiger partial charge in [-0.15, -0.1) is 0 Å². The minimum atomic E-state index is -0.385. The fourth-order valence-electron chi connectivity index (χ4n) is 1.64. The van der Waals surface area contributed by atoms with Crippen LogP contribution in [0.5, 0.6) is 0 Å². The van der Waals surface area contributed by atoms with Crippen molar-refractivity contribution in [1.29, 1.82) is 0 Å². The third-order valence-corrected chi connectivity index (χ3v) is 2.57. The van der Waals surface area contributed by atoms with E-state index in [-0.39, 0.29) is 17.9 Å². The highest BCUT2D eigenvalue weighted by Crippen LogP contribution is 2.11. The molecule has 92 valence electrons. The average Bonchev–Trinajstić information content (AvgIpc) is 2.34. The van der Waals surface area contributed by atoms with E-state index in [1.165, 1.54) is 10.9 Å². The number of aromatic nitrogens is 2. The Morgan fingerprint density at radius 2 is 2.28 bits per heavy atom. The molecule has 0 fully saturated rings. The topological polar surface area (TPSA) is 78.0 Å². The van der Waals surface area contributed by atoms with Crippen molar-refractivity contribution in [3.05, 3.63) is 46.5 Å². The van der Waals surface area contributed by atoms with Crippen molar-refractivity contribution in [3.8, 4) is 0 Å². The van der Waals surface area contributed by atoms with Gasteiger partial charge in [-0.25, -0.2) is 4.98 Å². The second kappa shape index (κ2) is 4.83. The van der Waals surface area contributed by atoms with Crippen molar-refractivity contribution in [2.75, 3.05) is 0 Å². The molecule has 18 heavy (non-hydrogen) atoms. The first-order valence-electron chi connectivity index (χ1n) is 5.48. The van der Waals surface area contributed by atoms with Crippen LogP contribution in [-0.4, -0.2) is 15.5 Å². The maximum Gasteiger partial charge on any atom is 0.260 e. The molecule has 1 amide bonds. The summed E-state index contributed by atoms with van der Waals surface area (Å²) in [7, 11) is 1.66. The van der Waals surface area contributed by atoms with Gasteiger partial charge in [0.25, 0.3) is 5.56 Å². The lowest BCUT2D eigenvalue weighted by molar-refractivity contribution is -0.117. The van der Waals surface area contributed by atoms with Gasteiger partial charge in [0.15, 0.2) is 0 Å². The van der Waals surface area contributed by atoms with Crippen LogP contribution in [0.3, 0.4) is 0 Å². The van der Waals surface area contributed by atoms with Gasteiger partial charge in [-0.3, -0.25) is 9.59 Å². The molecule has 0 atom stereocenters. The molecule has 0 aliphatic heterocycles. The number of benzene rings is 1. The number of hydrogen-bond acceptors (Lipinski definition) is 3. The Labute approximate surface area is 104 Å². The molecule has 5 nitrogen and oxygen atoms in total. The van der Waals surface area contributed by atoms with Gasteiger partial charge in [-0.2, -0.15) is 0 Å². The zero-order valence-electron chi connectivity index (χ0n) is 9.96. The van der Waals surface area contributed by atoms with Crippen LogP contribution in [0.25, 0.3) is 17.0 Å². The van der Waals surface area contributed by atoms with E-state index in [1.54, 1.807) is 31.3 Å². The summed E-state index contributed by atoms with van der Waals surface area (Å²) in [6, 6.07) is 5.37. The predicted octanol–water partition coefficient (Wildman–Crippen LogP) is 0.822. The van der Waals surface area contributed by atoms with Gasteiger partial charge in [-0.05, 0) is 17.7 Å². The van der Waals surface area contributed by atoms with Crippen molar-refractivity contribution in [2.45, 2.75) is 6.42 Å². The number of hydrogen-bond donors (Lipinski definition) is 1. The number of carbonyl (C=O) groups excluding carboxylic acids is 1. The molecule has 1 aromatic carbocycles. The molecule has 0 saturated carbocycles. The summed E-state index contributed by atoms with van der Waals surface area (Å²) in [5.41, 5.74) is 6.44. The molecule has 0 saturated heterocycles. The molecule has 0 aliphatic carbocycles. The van der Waals surface area contributed by atoms with E-state index in [4.69, 9.17) is 5.73 Å². The number of carbonyl (C=O) groups is 1. The summed E-state index contributed by atoms with van der Waals surface area (Å²) in [5, 5.41) is 0.557. The summed E-state index contributed by atoms with van der Waals surface area (Å²) < 4.78 is 1.43. The van der Waals surface area contributed by atoms with Crippen LogP contribution < -0.4 is 11.3 Å². The highest BCUT2D eigenvalue weighted by Gasteiger charge is 2.01. The molecule has 1 aromatic heterocycles. The Kier molecular flexibility index (Phi) is 3.23. The van der Waals surface area contributed by atoms with E-state index in [9.17, 15) is 9.59 Å². The third kappa shape index (κ3) is 2.45. The fourth-order valence-corrected chi connectivity index (χ4v) is 1.64. The van der Waals surface area contributed by atoms with Crippen molar-refractivity contribution in [1.82, 2.24) is 9.55 Å². The first-order valence-corrected chi connectivity index (χ1v) is 5.48. The molecule has 1 heterocycles. The van der Waals surface area contributed by atoms with Gasteiger partial charge < -0.3 is 10.3 Å². The summed E-state index contributed by atoms with van der Waals surface area (Å²) in [4.78, 5) is 26.7. The lowest BCUT2D eigenvalue weighted by atomic mass is 10.1. The first-order chi connectivity index (χ1) is 8.58. The molecule has 2 rings (SSSR count). The average molecular weight is 243 g/mol. The number of aryl methyl sites for hydroxylation is 1. The molecule has 0 spiro atoms. The van der Waals surface area contributed by atoms with Crippen LogP contribution in [0.2, 0.25) is 0 Å². The van der Waals surface area contributed by atoms with E-state index in [1.807, 2.05) is 6.07 Å². The molecule has 2 aromatic rings. The summed E-state index contributed by atoms with van der Waals surface area (Å²) in [6.45, 7) is 0. The number of rotatable bonds is 3. The highest BCUT2D eigenvalue weighted by atomic mass is 16.1. The lowest BCUT2D eigenvalue weighted by Gasteiger charge is -2.01. The largest absolute Gasteiger partial charge is 0.369 e. The van der Waals surface area contributed by atoms with Crippen LogP contribution in [0.15, 0.2) is 35.4 Å². The molecular formula is C13H13N3O2. The lowest BCUT2D eigenvalue weighted by Crippen LogP contribution is -2.16. The monoisotopic (exact) mass is 243 g/mol. The smallest absolute Gasteiger partial charge is 0.260 e. The van der Waals surface area contributed by atoms with Crippen LogP contribution in [0.4, 0.5) is 0 Å². The maximum absolute atomic E-state index is 11.9. The minimum absolute atomic E-state index is 0.0925. The molecule has 2 N–H and O–H groups in total. The van der Waals surface area contributed by atoms with Gasteiger partial charge in [0.1, 0.15) is 0 Å². The van der Waals surface area contributed by atoms with Crippen LogP contribution in [-0.2, 0) is 11.8 Å². The standard InChI is InChI=1S/C13H13N3O2/c1-16-8-15-11-6-5-9(3-2-4-12(14)17)7-10(11)13(16)18/h2-3,5-8H,4H2,1H3,(H2,14,17). The van der Waals surface area contributed by atoms with E-state index < -0.39 is 0 Å². The Bertz CT molecular complexity index is 686. The van der Waals surface area contributed by atoms with Gasteiger partial charge in [0.05, 0.1) is 17.2 Å². The number of primary amides is 1. The van der Waals surface area contributed by atoms with Crippen LogP contribution >= 0.6 is 0 Å². The molecular weight excluding hydrogens is 230 g/mol. The second-order valence-electron chi connectivity index (χ2n) is 4.01. The van der Waals surface area contributed by atoms with E-state index in [0.29, 0.717) is 10.9 Å². The molecule has 0 aliphatic rings. The molecule has 0 radical (unpaired) electrons. The fraction of sp³-hybridized carbons (Fsp3) is 0.154. The van der Waals surface area contributed by atoms with Gasteiger partial charge in [0.2, 0.25) is 5.91 Å². The minimum Gasteiger partial charge on any atom is -0.369 e. The summed E-state index contributed by atoms with van der Waals surface area (Å²) in [6.07, 6.45) is 5.11. The molecule has 0 unspecified atom stereocenters. The maximum atomic E-state index is 11.9. The first kappa shape index (κ1) is 12.0. The SMILES string of the molecule is Cn1cnc2ccc(C=CCC(N)=O)cc2c1=O. The Balaban J connectivity index is 2.43. The number of nitrogens with two attached hydrogens (primary N) is 1. The third-order valence-electron chi connectivity index (χ3n) is 2.57. The highest BCUT2D eigenvalue weighted by molar-refractivity contribution is 5.81. The molecule has 0 bridgehead atoms. The summed E-state index contributed by atoms with van der Waals surface area (Å²) in [5.74, 6) is -0.385. The number of fused-ring (bicyclic) bond motifs is 1. The van der Waals surface area contributed by atoms with Gasteiger partial charge >= 0.3 is 0 Å². The number of amides is 1.